The van der Waals surface area contributed by atoms with Crippen LogP contribution < -0.4 is 5.73 Å². The van der Waals surface area contributed by atoms with Gasteiger partial charge in [-0.1, -0.05) is 29.8 Å². The molecule has 3 heteroatoms. The molecule has 3 atom stereocenters. The summed E-state index contributed by atoms with van der Waals surface area (Å²) >= 11 is 0. The van der Waals surface area contributed by atoms with Crippen molar-refractivity contribution in [3.05, 3.63) is 35.4 Å². The van der Waals surface area contributed by atoms with Crippen LogP contribution in [0.4, 0.5) is 0 Å². The van der Waals surface area contributed by atoms with Gasteiger partial charge in [0.1, 0.15) is 0 Å². The zero-order valence-electron chi connectivity index (χ0n) is 11.3. The fourth-order valence-electron chi connectivity index (χ4n) is 2.39. The van der Waals surface area contributed by atoms with Gasteiger partial charge >= 0.3 is 0 Å². The Labute approximate surface area is 109 Å². The van der Waals surface area contributed by atoms with Crippen molar-refractivity contribution in [2.75, 3.05) is 13.2 Å². The first kappa shape index (κ1) is 13.5. The molecule has 0 amide bonds. The minimum Gasteiger partial charge on any atom is -0.376 e. The highest BCUT2D eigenvalue weighted by Crippen LogP contribution is 2.23. The number of hydrogen-bond acceptors (Lipinski definition) is 3. The van der Waals surface area contributed by atoms with Crippen molar-refractivity contribution in [2.24, 2.45) is 5.73 Å². The molecule has 0 radical (unpaired) electrons. The number of benzene rings is 1. The quantitative estimate of drug-likeness (QED) is 0.872. The summed E-state index contributed by atoms with van der Waals surface area (Å²) in [6.07, 6.45) is 2.44. The number of rotatable bonds is 5. The van der Waals surface area contributed by atoms with Gasteiger partial charge < -0.3 is 15.2 Å². The summed E-state index contributed by atoms with van der Waals surface area (Å²) in [7, 11) is 0. The van der Waals surface area contributed by atoms with Crippen LogP contribution in [-0.4, -0.2) is 25.4 Å². The van der Waals surface area contributed by atoms with Gasteiger partial charge in [0.2, 0.25) is 0 Å². The first-order valence-electron chi connectivity index (χ1n) is 6.72. The van der Waals surface area contributed by atoms with Crippen molar-refractivity contribution in [3.8, 4) is 0 Å². The Morgan fingerprint density at radius 3 is 2.94 bits per heavy atom. The second kappa shape index (κ2) is 6.32. The van der Waals surface area contributed by atoms with Crippen molar-refractivity contribution >= 4 is 0 Å². The largest absolute Gasteiger partial charge is 0.376 e. The van der Waals surface area contributed by atoms with Gasteiger partial charge in [-0.15, -0.1) is 0 Å². The Bertz CT molecular complexity index is 373. The molecule has 0 aromatic heterocycles. The maximum Gasteiger partial charge on any atom is 0.0974 e. The average Bonchev–Trinajstić information content (AvgIpc) is 2.82. The lowest BCUT2D eigenvalue weighted by molar-refractivity contribution is -0.0286. The summed E-state index contributed by atoms with van der Waals surface area (Å²) in [5.41, 5.74) is 8.43. The molecule has 0 aliphatic carbocycles. The topological polar surface area (TPSA) is 44.5 Å². The molecule has 18 heavy (non-hydrogen) atoms. The van der Waals surface area contributed by atoms with E-state index in [-0.39, 0.29) is 18.2 Å². The molecule has 1 saturated heterocycles. The normalized spacial score (nSPS) is 22.9. The van der Waals surface area contributed by atoms with Crippen LogP contribution in [0.15, 0.2) is 24.3 Å². The maximum absolute atomic E-state index is 6.04. The van der Waals surface area contributed by atoms with Gasteiger partial charge in [-0.3, -0.25) is 0 Å². The molecule has 1 aliphatic rings. The van der Waals surface area contributed by atoms with E-state index in [4.69, 9.17) is 15.2 Å². The van der Waals surface area contributed by atoms with E-state index in [1.165, 1.54) is 5.56 Å². The van der Waals surface area contributed by atoms with E-state index in [0.717, 1.165) is 25.0 Å². The molecule has 3 unspecified atom stereocenters. The van der Waals surface area contributed by atoms with Crippen LogP contribution in [-0.2, 0) is 9.47 Å². The molecule has 1 aliphatic heterocycles. The molecule has 2 N–H and O–H groups in total. The van der Waals surface area contributed by atoms with E-state index < -0.39 is 0 Å². The Morgan fingerprint density at radius 2 is 2.33 bits per heavy atom. The third-order valence-corrected chi connectivity index (χ3v) is 3.33. The first-order valence-corrected chi connectivity index (χ1v) is 6.72. The van der Waals surface area contributed by atoms with Gasteiger partial charge in [0.25, 0.3) is 0 Å². The van der Waals surface area contributed by atoms with Crippen molar-refractivity contribution in [1.29, 1.82) is 0 Å². The van der Waals surface area contributed by atoms with Crippen LogP contribution in [0.2, 0.25) is 0 Å². The zero-order chi connectivity index (χ0) is 13.0. The Hall–Kier alpha value is -0.900. The molecule has 1 aromatic rings. The lowest BCUT2D eigenvalue weighted by Gasteiger charge is -2.24. The maximum atomic E-state index is 6.04. The first-order chi connectivity index (χ1) is 8.66. The number of ether oxygens (including phenoxy) is 2. The molecule has 1 aromatic carbocycles. The Kier molecular flexibility index (Phi) is 4.75. The molecule has 1 heterocycles. The lowest BCUT2D eigenvalue weighted by atomic mass is 10.0. The van der Waals surface area contributed by atoms with Gasteiger partial charge in [0.05, 0.1) is 18.8 Å². The summed E-state index contributed by atoms with van der Waals surface area (Å²) in [4.78, 5) is 0. The molecule has 0 spiro atoms. The highest BCUT2D eigenvalue weighted by Gasteiger charge is 2.21. The van der Waals surface area contributed by atoms with E-state index in [0.29, 0.717) is 6.61 Å². The van der Waals surface area contributed by atoms with Gasteiger partial charge in [-0.05, 0) is 32.3 Å². The van der Waals surface area contributed by atoms with Gasteiger partial charge in [0.15, 0.2) is 0 Å². The summed E-state index contributed by atoms with van der Waals surface area (Å²) in [6.45, 7) is 5.58. The summed E-state index contributed by atoms with van der Waals surface area (Å²) in [5.74, 6) is 0. The van der Waals surface area contributed by atoms with Gasteiger partial charge in [-0.2, -0.15) is 0 Å². The SMILES string of the molecule is Cc1cccc(C(OCC2CCCO2)C(C)N)c1. The smallest absolute Gasteiger partial charge is 0.0974 e. The van der Waals surface area contributed by atoms with E-state index >= 15 is 0 Å². The predicted molar refractivity (Wildman–Crippen MR) is 72.5 cm³/mol. The summed E-state index contributed by atoms with van der Waals surface area (Å²) in [5, 5.41) is 0. The second-order valence-electron chi connectivity index (χ2n) is 5.16. The monoisotopic (exact) mass is 249 g/mol. The molecule has 100 valence electrons. The fourth-order valence-corrected chi connectivity index (χ4v) is 2.39. The Balaban J connectivity index is 1.99. The van der Waals surface area contributed by atoms with Crippen LogP contribution in [0.3, 0.4) is 0 Å². The highest BCUT2D eigenvalue weighted by molar-refractivity contribution is 5.25. The number of aryl methyl sites for hydroxylation is 1. The molecule has 3 nitrogen and oxygen atoms in total. The molecule has 0 saturated carbocycles. The van der Waals surface area contributed by atoms with Gasteiger partial charge in [0, 0.05) is 12.6 Å². The van der Waals surface area contributed by atoms with Gasteiger partial charge in [-0.25, -0.2) is 0 Å². The lowest BCUT2D eigenvalue weighted by Crippen LogP contribution is -2.29. The van der Waals surface area contributed by atoms with E-state index in [1.54, 1.807) is 0 Å². The average molecular weight is 249 g/mol. The van der Waals surface area contributed by atoms with E-state index in [1.807, 2.05) is 6.92 Å². The molecular formula is C15H23NO2. The third kappa shape index (κ3) is 3.55. The molecule has 2 rings (SSSR count). The summed E-state index contributed by atoms with van der Waals surface area (Å²) in [6, 6.07) is 8.34. The van der Waals surface area contributed by atoms with Crippen molar-refractivity contribution in [1.82, 2.24) is 0 Å². The zero-order valence-corrected chi connectivity index (χ0v) is 11.3. The fraction of sp³-hybridized carbons (Fsp3) is 0.600. The van der Waals surface area contributed by atoms with E-state index in [9.17, 15) is 0 Å². The van der Waals surface area contributed by atoms with Crippen LogP contribution in [0.5, 0.6) is 0 Å². The standard InChI is InChI=1S/C15H23NO2/c1-11-5-3-6-13(9-11)15(12(2)16)18-10-14-7-4-8-17-14/h3,5-6,9,12,14-15H,4,7-8,10,16H2,1-2H3. The van der Waals surface area contributed by atoms with Crippen LogP contribution >= 0.6 is 0 Å². The van der Waals surface area contributed by atoms with E-state index in [2.05, 4.69) is 31.2 Å². The number of hydrogen-bond donors (Lipinski definition) is 1. The van der Waals surface area contributed by atoms with Crippen molar-refractivity contribution in [3.63, 3.8) is 0 Å². The highest BCUT2D eigenvalue weighted by atomic mass is 16.5. The van der Waals surface area contributed by atoms with Crippen molar-refractivity contribution in [2.45, 2.75) is 44.9 Å². The predicted octanol–water partition coefficient (Wildman–Crippen LogP) is 2.58. The minimum atomic E-state index is -0.0471. The van der Waals surface area contributed by atoms with Crippen LogP contribution in [0, 0.1) is 6.92 Å². The molecule has 1 fully saturated rings. The number of nitrogens with two attached hydrogens (primary N) is 1. The molecular weight excluding hydrogens is 226 g/mol. The minimum absolute atomic E-state index is 0.0202. The molecule has 0 bridgehead atoms. The second-order valence-corrected chi connectivity index (χ2v) is 5.16. The Morgan fingerprint density at radius 1 is 1.50 bits per heavy atom. The van der Waals surface area contributed by atoms with Crippen LogP contribution in [0.1, 0.15) is 37.0 Å². The summed E-state index contributed by atoms with van der Waals surface area (Å²) < 4.78 is 11.6. The van der Waals surface area contributed by atoms with Crippen LogP contribution in [0.25, 0.3) is 0 Å². The van der Waals surface area contributed by atoms with Crippen molar-refractivity contribution < 1.29 is 9.47 Å². The third-order valence-electron chi connectivity index (χ3n) is 3.33.